The van der Waals surface area contributed by atoms with E-state index in [1.54, 1.807) is 48.1 Å². The highest BCUT2D eigenvalue weighted by Crippen LogP contribution is 2.23. The fourth-order valence-corrected chi connectivity index (χ4v) is 3.26. The molecule has 122 valence electrons. The van der Waals surface area contributed by atoms with Gasteiger partial charge in [-0.15, -0.1) is 0 Å². The molecule has 4 rings (SSSR count). The van der Waals surface area contributed by atoms with Gasteiger partial charge in [-0.05, 0) is 41.3 Å². The summed E-state index contributed by atoms with van der Waals surface area (Å²) in [7, 11) is 0. The summed E-state index contributed by atoms with van der Waals surface area (Å²) in [5.41, 5.74) is 4.98. The number of nitrogens with zero attached hydrogens (tertiary/aromatic N) is 3. The van der Waals surface area contributed by atoms with E-state index >= 15 is 0 Å². The van der Waals surface area contributed by atoms with Crippen molar-refractivity contribution < 1.29 is 4.79 Å². The van der Waals surface area contributed by atoms with Crippen LogP contribution in [0.3, 0.4) is 0 Å². The number of fused-ring (bicyclic) bond motifs is 1. The first-order chi connectivity index (χ1) is 12.3. The van der Waals surface area contributed by atoms with Crippen molar-refractivity contribution in [3.63, 3.8) is 0 Å². The van der Waals surface area contributed by atoms with Crippen molar-refractivity contribution in [2.75, 3.05) is 0 Å². The Labute approximate surface area is 148 Å². The Bertz CT molecular complexity index is 1030. The van der Waals surface area contributed by atoms with Gasteiger partial charge in [-0.1, -0.05) is 6.07 Å². The van der Waals surface area contributed by atoms with Crippen molar-refractivity contribution in [3.05, 3.63) is 76.9 Å². The van der Waals surface area contributed by atoms with Gasteiger partial charge in [0, 0.05) is 41.6 Å². The number of hydrogen-bond donors (Lipinski definition) is 1. The average Bonchev–Trinajstić information content (AvgIpc) is 3.20. The smallest absolute Gasteiger partial charge is 0.251 e. The number of rotatable bonds is 4. The van der Waals surface area contributed by atoms with E-state index < -0.39 is 0 Å². The lowest BCUT2D eigenvalue weighted by Gasteiger charge is -2.09. The van der Waals surface area contributed by atoms with Crippen LogP contribution in [-0.2, 0) is 6.54 Å². The molecule has 0 saturated carbocycles. The highest BCUT2D eigenvalue weighted by Gasteiger charge is 2.10. The summed E-state index contributed by atoms with van der Waals surface area (Å²) >= 11 is 1.63. The first-order valence-electron chi connectivity index (χ1n) is 7.77. The fourth-order valence-electron chi connectivity index (χ4n) is 2.62. The average molecular weight is 346 g/mol. The largest absolute Gasteiger partial charge is 0.348 e. The SMILES string of the molecule is O=C(NCc1cccnc1-c1ccsc1)c1ccc2nccnc2c1. The molecule has 0 aliphatic rings. The first-order valence-corrected chi connectivity index (χ1v) is 8.71. The lowest BCUT2D eigenvalue weighted by atomic mass is 10.1. The van der Waals surface area contributed by atoms with Crippen LogP contribution in [0.2, 0.25) is 0 Å². The number of carbonyl (C=O) groups excluding carboxylic acids is 1. The Morgan fingerprint density at radius 2 is 1.88 bits per heavy atom. The maximum absolute atomic E-state index is 12.5. The number of benzene rings is 1. The number of thiophene rings is 1. The predicted octanol–water partition coefficient (Wildman–Crippen LogP) is 3.68. The zero-order valence-electron chi connectivity index (χ0n) is 13.2. The van der Waals surface area contributed by atoms with Crippen LogP contribution >= 0.6 is 11.3 Å². The first kappa shape index (κ1) is 15.4. The van der Waals surface area contributed by atoms with Crippen molar-refractivity contribution in [2.45, 2.75) is 6.54 Å². The summed E-state index contributed by atoms with van der Waals surface area (Å²) in [6, 6.07) is 11.2. The maximum Gasteiger partial charge on any atom is 0.251 e. The van der Waals surface area contributed by atoms with Gasteiger partial charge in [0.2, 0.25) is 0 Å². The Morgan fingerprint density at radius 1 is 1.00 bits per heavy atom. The number of aromatic nitrogens is 3. The summed E-state index contributed by atoms with van der Waals surface area (Å²) in [5.74, 6) is -0.146. The van der Waals surface area contributed by atoms with E-state index in [4.69, 9.17) is 0 Å². The van der Waals surface area contributed by atoms with Gasteiger partial charge in [0.05, 0.1) is 16.7 Å². The number of carbonyl (C=O) groups is 1. The van der Waals surface area contributed by atoms with Crippen LogP contribution in [0.4, 0.5) is 0 Å². The van der Waals surface area contributed by atoms with Crippen molar-refractivity contribution in [1.82, 2.24) is 20.3 Å². The second-order valence-electron chi connectivity index (χ2n) is 5.47. The number of amides is 1. The molecule has 0 radical (unpaired) electrons. The summed E-state index contributed by atoms with van der Waals surface area (Å²) in [6.07, 6.45) is 5.02. The second-order valence-corrected chi connectivity index (χ2v) is 6.25. The highest BCUT2D eigenvalue weighted by atomic mass is 32.1. The van der Waals surface area contributed by atoms with Crippen LogP contribution in [0.5, 0.6) is 0 Å². The van der Waals surface area contributed by atoms with Crippen LogP contribution in [0.1, 0.15) is 15.9 Å². The third kappa shape index (κ3) is 3.25. The Morgan fingerprint density at radius 3 is 2.72 bits per heavy atom. The maximum atomic E-state index is 12.5. The van der Waals surface area contributed by atoms with Gasteiger partial charge in [-0.25, -0.2) is 0 Å². The molecule has 0 bridgehead atoms. The van der Waals surface area contributed by atoms with Crippen molar-refractivity contribution in [1.29, 1.82) is 0 Å². The topological polar surface area (TPSA) is 67.8 Å². The number of nitrogens with one attached hydrogen (secondary N) is 1. The van der Waals surface area contributed by atoms with Gasteiger partial charge < -0.3 is 5.32 Å². The Hall–Kier alpha value is -3.12. The molecule has 6 heteroatoms. The van der Waals surface area contributed by atoms with Crippen LogP contribution in [0, 0.1) is 0 Å². The van der Waals surface area contributed by atoms with E-state index in [2.05, 4.69) is 25.6 Å². The summed E-state index contributed by atoms with van der Waals surface area (Å²) in [4.78, 5) is 25.4. The normalized spacial score (nSPS) is 10.7. The van der Waals surface area contributed by atoms with Gasteiger partial charge in [-0.3, -0.25) is 19.7 Å². The molecule has 4 aromatic rings. The molecule has 3 heterocycles. The monoisotopic (exact) mass is 346 g/mol. The van der Waals surface area contributed by atoms with E-state index in [1.807, 2.05) is 23.6 Å². The van der Waals surface area contributed by atoms with Crippen LogP contribution in [0.25, 0.3) is 22.3 Å². The molecule has 1 aromatic carbocycles. The van der Waals surface area contributed by atoms with Crippen LogP contribution in [-0.4, -0.2) is 20.9 Å². The molecule has 0 saturated heterocycles. The van der Waals surface area contributed by atoms with Gasteiger partial charge in [0.25, 0.3) is 5.91 Å². The minimum absolute atomic E-state index is 0.146. The van der Waals surface area contributed by atoms with E-state index in [9.17, 15) is 4.79 Å². The highest BCUT2D eigenvalue weighted by molar-refractivity contribution is 7.08. The van der Waals surface area contributed by atoms with E-state index in [1.165, 1.54) is 0 Å². The number of hydrogen-bond acceptors (Lipinski definition) is 5. The Balaban J connectivity index is 1.54. The summed E-state index contributed by atoms with van der Waals surface area (Å²) in [5, 5.41) is 7.03. The molecular formula is C19H14N4OS. The molecular weight excluding hydrogens is 332 g/mol. The molecule has 1 N–H and O–H groups in total. The lowest BCUT2D eigenvalue weighted by molar-refractivity contribution is 0.0951. The molecule has 25 heavy (non-hydrogen) atoms. The zero-order valence-corrected chi connectivity index (χ0v) is 14.0. The molecule has 0 unspecified atom stereocenters. The van der Waals surface area contributed by atoms with Crippen LogP contribution in [0.15, 0.2) is 65.7 Å². The molecule has 1 amide bonds. The van der Waals surface area contributed by atoms with E-state index in [-0.39, 0.29) is 5.91 Å². The molecule has 0 atom stereocenters. The van der Waals surface area contributed by atoms with Crippen molar-refractivity contribution >= 4 is 28.3 Å². The van der Waals surface area contributed by atoms with E-state index in [0.29, 0.717) is 17.6 Å². The van der Waals surface area contributed by atoms with Gasteiger partial charge in [0.1, 0.15) is 0 Å². The molecule has 0 spiro atoms. The van der Waals surface area contributed by atoms with Gasteiger partial charge in [0.15, 0.2) is 0 Å². The third-order valence-corrected chi connectivity index (χ3v) is 4.54. The lowest BCUT2D eigenvalue weighted by Crippen LogP contribution is -2.23. The summed E-state index contributed by atoms with van der Waals surface area (Å²) < 4.78 is 0. The molecule has 0 fully saturated rings. The number of pyridine rings is 1. The van der Waals surface area contributed by atoms with E-state index in [0.717, 1.165) is 22.3 Å². The molecule has 3 aromatic heterocycles. The quantitative estimate of drug-likeness (QED) is 0.612. The summed E-state index contributed by atoms with van der Waals surface area (Å²) in [6.45, 7) is 0.413. The minimum Gasteiger partial charge on any atom is -0.348 e. The molecule has 0 aliphatic heterocycles. The van der Waals surface area contributed by atoms with Crippen LogP contribution < -0.4 is 5.32 Å². The van der Waals surface area contributed by atoms with Gasteiger partial charge >= 0.3 is 0 Å². The Kier molecular flexibility index (Phi) is 4.18. The fraction of sp³-hybridized carbons (Fsp3) is 0.0526. The molecule has 5 nitrogen and oxygen atoms in total. The van der Waals surface area contributed by atoms with Gasteiger partial charge in [-0.2, -0.15) is 11.3 Å². The zero-order chi connectivity index (χ0) is 17.1. The standard InChI is InChI=1S/C19H14N4OS/c24-19(13-3-4-16-17(10-13)21-8-7-20-16)23-11-14-2-1-6-22-18(14)15-5-9-25-12-15/h1-10,12H,11H2,(H,23,24). The minimum atomic E-state index is -0.146. The third-order valence-electron chi connectivity index (χ3n) is 3.86. The predicted molar refractivity (Wildman–Crippen MR) is 98.3 cm³/mol. The second kappa shape index (κ2) is 6.78. The molecule has 0 aliphatic carbocycles. The van der Waals surface area contributed by atoms with Crippen molar-refractivity contribution in [2.24, 2.45) is 0 Å². The van der Waals surface area contributed by atoms with Crippen molar-refractivity contribution in [3.8, 4) is 11.3 Å².